The molecule has 0 aliphatic carbocycles. The molecule has 0 bridgehead atoms. The first kappa shape index (κ1) is 28.1. The number of aromatic nitrogens is 2. The maximum absolute atomic E-state index is 9.79. The zero-order chi connectivity index (χ0) is 19.8. The summed E-state index contributed by atoms with van der Waals surface area (Å²) in [6.07, 6.45) is 2.18. The van der Waals surface area contributed by atoms with Gasteiger partial charge in [-0.3, -0.25) is 4.90 Å². The van der Waals surface area contributed by atoms with Gasteiger partial charge in [-0.1, -0.05) is 23.7 Å². The Kier molecular flexibility index (Phi) is 10.7. The first-order valence-corrected chi connectivity index (χ1v) is 10.4. The van der Waals surface area contributed by atoms with Crippen LogP contribution in [-0.2, 0) is 6.54 Å². The Morgan fingerprint density at radius 3 is 2.42 bits per heavy atom. The molecule has 0 spiro atoms. The lowest BCUT2D eigenvalue weighted by Crippen LogP contribution is -2.35. The number of benzene rings is 2. The molecule has 1 aromatic heterocycles. The molecule has 4 rings (SSSR count). The number of halogens is 2. The maximum Gasteiger partial charge on any atom is 0.127 e. The van der Waals surface area contributed by atoms with Crippen LogP contribution in [0.2, 0.25) is 5.02 Å². The van der Waals surface area contributed by atoms with E-state index in [1.807, 2.05) is 12.1 Å². The average molecular weight is 503 g/mol. The molecule has 1 fully saturated rings. The summed E-state index contributed by atoms with van der Waals surface area (Å²) in [6, 6.07) is 12.9. The molecule has 0 amide bonds. The number of hydrogen-bond acceptors (Lipinski definition) is 3. The van der Waals surface area contributed by atoms with E-state index in [0.29, 0.717) is 0 Å². The van der Waals surface area contributed by atoms with Gasteiger partial charge in [0.1, 0.15) is 5.82 Å². The summed E-state index contributed by atoms with van der Waals surface area (Å²) in [6.45, 7) is 8.48. The third-order valence-electron chi connectivity index (χ3n) is 6.15. The van der Waals surface area contributed by atoms with E-state index in [1.165, 1.54) is 22.2 Å². The molecule has 3 aromatic rings. The summed E-state index contributed by atoms with van der Waals surface area (Å²) < 4.78 is 2.34. The molecule has 1 aliphatic rings. The Balaban J connectivity index is 0.00000160. The zero-order valence-corrected chi connectivity index (χ0v) is 21.8. The van der Waals surface area contributed by atoms with Crippen LogP contribution in [0.15, 0.2) is 36.4 Å². The van der Waals surface area contributed by atoms with Crippen molar-refractivity contribution in [2.24, 2.45) is 0 Å². The summed E-state index contributed by atoms with van der Waals surface area (Å²) in [4.78, 5) is 7.46. The first-order chi connectivity index (χ1) is 13.5. The van der Waals surface area contributed by atoms with Crippen molar-refractivity contribution >= 4 is 62.0 Å². The number of aliphatic hydroxyl groups excluding tert-OH is 1. The van der Waals surface area contributed by atoms with Crippen molar-refractivity contribution in [3.05, 3.63) is 63.9 Å². The number of aliphatic hydroxyl groups is 1. The van der Waals surface area contributed by atoms with Crippen molar-refractivity contribution in [1.82, 2.24) is 14.5 Å². The van der Waals surface area contributed by atoms with Crippen molar-refractivity contribution in [1.29, 1.82) is 0 Å². The molecular formula is C23H33Cl2N3OS2. The molecule has 2 heterocycles. The van der Waals surface area contributed by atoms with Gasteiger partial charge in [0.15, 0.2) is 0 Å². The van der Waals surface area contributed by atoms with E-state index in [1.54, 1.807) is 0 Å². The number of aryl methyl sites for hydroxylation is 2. The third-order valence-corrected chi connectivity index (χ3v) is 6.40. The smallest absolute Gasteiger partial charge is 0.127 e. The third kappa shape index (κ3) is 5.73. The standard InChI is InChI=1S/C23H28ClN3O.ClH.2H2S/c1-15-11-21-22(12-16(15)2)27(13-18-6-8-19(24)9-7-18)23(25-21)17(3)26-10-4-5-20(26)14-28;;;/h6-9,11-12,17,20,28H,4-5,10,13-14H2,1-3H3;1H;2*1H2/t17-,20-;;;/m0.../s1. The number of nitrogens with zero attached hydrogens (tertiary/aromatic N) is 3. The van der Waals surface area contributed by atoms with Gasteiger partial charge in [0.2, 0.25) is 0 Å². The summed E-state index contributed by atoms with van der Waals surface area (Å²) in [5.41, 5.74) is 5.95. The van der Waals surface area contributed by atoms with Crippen LogP contribution < -0.4 is 0 Å². The fourth-order valence-electron chi connectivity index (χ4n) is 4.37. The zero-order valence-electron chi connectivity index (χ0n) is 18.2. The Bertz CT molecular complexity index is 995. The van der Waals surface area contributed by atoms with Crippen LogP contribution in [0.3, 0.4) is 0 Å². The highest BCUT2D eigenvalue weighted by molar-refractivity contribution is 7.59. The van der Waals surface area contributed by atoms with E-state index in [4.69, 9.17) is 16.6 Å². The van der Waals surface area contributed by atoms with Gasteiger partial charge in [0.25, 0.3) is 0 Å². The van der Waals surface area contributed by atoms with Crippen molar-refractivity contribution in [3.63, 3.8) is 0 Å². The van der Waals surface area contributed by atoms with Crippen LogP contribution in [0, 0.1) is 13.8 Å². The molecular weight excluding hydrogens is 469 g/mol. The van der Waals surface area contributed by atoms with E-state index < -0.39 is 0 Å². The Morgan fingerprint density at radius 1 is 1.13 bits per heavy atom. The molecule has 0 unspecified atom stereocenters. The minimum absolute atomic E-state index is 0. The highest BCUT2D eigenvalue weighted by Gasteiger charge is 2.31. The highest BCUT2D eigenvalue weighted by Crippen LogP contribution is 2.32. The summed E-state index contributed by atoms with van der Waals surface area (Å²) in [7, 11) is 0. The molecule has 8 heteroatoms. The largest absolute Gasteiger partial charge is 0.395 e. The summed E-state index contributed by atoms with van der Waals surface area (Å²) >= 11 is 6.08. The predicted octanol–water partition coefficient (Wildman–Crippen LogP) is 5.52. The van der Waals surface area contributed by atoms with Crippen molar-refractivity contribution in [2.45, 2.75) is 52.2 Å². The first-order valence-electron chi connectivity index (χ1n) is 10.1. The second-order valence-corrected chi connectivity index (χ2v) is 8.44. The lowest BCUT2D eigenvalue weighted by Gasteiger charge is -2.29. The molecule has 0 radical (unpaired) electrons. The number of fused-ring (bicyclic) bond motifs is 1. The SMILES string of the molecule is Cc1cc2nc([C@H](C)N3CCC[C@H]3CO)n(Cc3ccc(Cl)cc3)c2cc1C.Cl.S.S. The second kappa shape index (κ2) is 11.8. The van der Waals surface area contributed by atoms with Crippen molar-refractivity contribution < 1.29 is 5.11 Å². The summed E-state index contributed by atoms with van der Waals surface area (Å²) in [5.74, 6) is 1.07. The molecule has 172 valence electrons. The van der Waals surface area contributed by atoms with Crippen molar-refractivity contribution in [3.8, 4) is 0 Å². The Labute approximate surface area is 210 Å². The number of likely N-dealkylation sites (tertiary alicyclic amines) is 1. The van der Waals surface area contributed by atoms with Crippen LogP contribution in [0.5, 0.6) is 0 Å². The second-order valence-electron chi connectivity index (χ2n) is 8.00. The molecule has 4 nitrogen and oxygen atoms in total. The Hall–Kier alpha value is -0.890. The van der Waals surface area contributed by atoms with Crippen LogP contribution in [0.4, 0.5) is 0 Å². The maximum atomic E-state index is 9.79. The van der Waals surface area contributed by atoms with Crippen molar-refractivity contribution in [2.75, 3.05) is 13.2 Å². The van der Waals surface area contributed by atoms with Gasteiger partial charge in [0, 0.05) is 17.6 Å². The minimum Gasteiger partial charge on any atom is -0.395 e. The van der Waals surface area contributed by atoms with Crippen LogP contribution in [0.25, 0.3) is 11.0 Å². The fraction of sp³-hybridized carbons (Fsp3) is 0.435. The van der Waals surface area contributed by atoms with E-state index in [9.17, 15) is 5.11 Å². The molecule has 1 aliphatic heterocycles. The molecule has 31 heavy (non-hydrogen) atoms. The van der Waals surface area contributed by atoms with Gasteiger partial charge in [0.05, 0.1) is 23.7 Å². The number of rotatable bonds is 5. The van der Waals surface area contributed by atoms with E-state index in [-0.39, 0.29) is 58.1 Å². The topological polar surface area (TPSA) is 41.3 Å². The van der Waals surface area contributed by atoms with Gasteiger partial charge >= 0.3 is 0 Å². The highest BCUT2D eigenvalue weighted by atomic mass is 35.5. The van der Waals surface area contributed by atoms with Crippen LogP contribution >= 0.6 is 51.0 Å². The van der Waals surface area contributed by atoms with Gasteiger partial charge in [-0.25, -0.2) is 4.98 Å². The molecule has 0 saturated carbocycles. The quantitative estimate of drug-likeness (QED) is 0.500. The molecule has 1 N–H and O–H groups in total. The Morgan fingerprint density at radius 2 is 1.77 bits per heavy atom. The van der Waals surface area contributed by atoms with E-state index in [2.05, 4.69) is 54.5 Å². The van der Waals surface area contributed by atoms with Gasteiger partial charge in [-0.05, 0) is 81.1 Å². The lowest BCUT2D eigenvalue weighted by atomic mass is 10.1. The van der Waals surface area contributed by atoms with Crippen LogP contribution in [-0.4, -0.2) is 38.8 Å². The normalized spacial score (nSPS) is 17.0. The molecule has 2 atom stereocenters. The van der Waals surface area contributed by atoms with E-state index >= 15 is 0 Å². The molecule has 2 aromatic carbocycles. The van der Waals surface area contributed by atoms with Gasteiger partial charge < -0.3 is 9.67 Å². The fourth-order valence-corrected chi connectivity index (χ4v) is 4.49. The van der Waals surface area contributed by atoms with Gasteiger partial charge in [-0.15, -0.1) is 12.4 Å². The predicted molar refractivity (Wildman–Crippen MR) is 143 cm³/mol. The monoisotopic (exact) mass is 501 g/mol. The number of hydrogen-bond donors (Lipinski definition) is 1. The van der Waals surface area contributed by atoms with Gasteiger partial charge in [-0.2, -0.15) is 27.0 Å². The van der Waals surface area contributed by atoms with E-state index in [0.717, 1.165) is 42.3 Å². The minimum atomic E-state index is 0. The average Bonchev–Trinajstić information content (AvgIpc) is 3.29. The number of imidazole rings is 1. The van der Waals surface area contributed by atoms with Crippen LogP contribution in [0.1, 0.15) is 48.3 Å². The molecule has 1 saturated heterocycles. The summed E-state index contributed by atoms with van der Waals surface area (Å²) in [5, 5.41) is 10.5. The lowest BCUT2D eigenvalue weighted by molar-refractivity contribution is 0.121.